The maximum atomic E-state index is 11.6. The van der Waals surface area contributed by atoms with Gasteiger partial charge >= 0.3 is 0 Å². The summed E-state index contributed by atoms with van der Waals surface area (Å²) in [4.78, 5) is 15.5. The summed E-state index contributed by atoms with van der Waals surface area (Å²) in [6, 6.07) is 0. The third-order valence-electron chi connectivity index (χ3n) is 2.32. The third kappa shape index (κ3) is 2.73. The molecule has 0 aliphatic heterocycles. The smallest absolute Gasteiger partial charge is 0.282 e. The van der Waals surface area contributed by atoms with Crippen LogP contribution in [0.2, 0.25) is 0 Å². The van der Waals surface area contributed by atoms with Crippen molar-refractivity contribution in [3.05, 3.63) is 39.7 Å². The number of aryl methyl sites for hydroxylation is 1. The van der Waals surface area contributed by atoms with Crippen LogP contribution in [0.1, 0.15) is 0 Å². The van der Waals surface area contributed by atoms with Gasteiger partial charge in [0.25, 0.3) is 5.56 Å². The topological polar surface area (TPSA) is 64.7 Å². The van der Waals surface area contributed by atoms with E-state index in [1.165, 1.54) is 4.68 Å². The standard InChI is InChI=1S/C10H12BrN5O/c1-15-10(17)9(11)8(6-14-15)13-3-5-16-4-2-12-7-16/h2,4,6-7,13H,3,5H2,1H3. The molecule has 0 bridgehead atoms. The minimum Gasteiger partial charge on any atom is -0.381 e. The predicted molar refractivity (Wildman–Crippen MR) is 67.9 cm³/mol. The highest BCUT2D eigenvalue weighted by Crippen LogP contribution is 2.15. The van der Waals surface area contributed by atoms with E-state index in [9.17, 15) is 4.79 Å². The second-order valence-corrected chi connectivity index (χ2v) is 4.32. The number of anilines is 1. The van der Waals surface area contributed by atoms with Crippen molar-refractivity contribution < 1.29 is 0 Å². The molecule has 7 heteroatoms. The summed E-state index contributed by atoms with van der Waals surface area (Å²) in [6.07, 6.45) is 6.99. The van der Waals surface area contributed by atoms with Crippen molar-refractivity contribution in [1.29, 1.82) is 0 Å². The van der Waals surface area contributed by atoms with E-state index in [-0.39, 0.29) is 5.56 Å². The van der Waals surface area contributed by atoms with Gasteiger partial charge in [-0.3, -0.25) is 4.79 Å². The number of nitrogens with one attached hydrogen (secondary N) is 1. The molecule has 0 aliphatic rings. The molecule has 2 heterocycles. The van der Waals surface area contributed by atoms with Gasteiger partial charge in [-0.15, -0.1) is 0 Å². The fourth-order valence-corrected chi connectivity index (χ4v) is 1.87. The number of halogens is 1. The van der Waals surface area contributed by atoms with Crippen LogP contribution in [0.4, 0.5) is 5.69 Å². The van der Waals surface area contributed by atoms with E-state index in [1.807, 2.05) is 10.8 Å². The summed E-state index contributed by atoms with van der Waals surface area (Å²) < 4.78 is 3.74. The summed E-state index contributed by atoms with van der Waals surface area (Å²) in [5.41, 5.74) is 0.547. The Morgan fingerprint density at radius 1 is 1.53 bits per heavy atom. The maximum Gasteiger partial charge on any atom is 0.282 e. The van der Waals surface area contributed by atoms with Gasteiger partial charge in [0, 0.05) is 32.5 Å². The molecule has 6 nitrogen and oxygen atoms in total. The Bertz CT molecular complexity index is 548. The van der Waals surface area contributed by atoms with Crippen LogP contribution in [0.15, 0.2) is 34.2 Å². The lowest BCUT2D eigenvalue weighted by atomic mass is 10.4. The van der Waals surface area contributed by atoms with Crippen LogP contribution in [-0.4, -0.2) is 25.9 Å². The van der Waals surface area contributed by atoms with Gasteiger partial charge in [0.2, 0.25) is 0 Å². The summed E-state index contributed by atoms with van der Waals surface area (Å²) in [5.74, 6) is 0. The Kier molecular flexibility index (Phi) is 3.58. The van der Waals surface area contributed by atoms with Crippen LogP contribution in [0, 0.1) is 0 Å². The van der Waals surface area contributed by atoms with Gasteiger partial charge in [-0.05, 0) is 15.9 Å². The molecular weight excluding hydrogens is 286 g/mol. The molecule has 2 aromatic rings. The van der Waals surface area contributed by atoms with Crippen LogP contribution >= 0.6 is 15.9 Å². The molecule has 0 atom stereocenters. The number of imidazole rings is 1. The maximum absolute atomic E-state index is 11.6. The zero-order valence-corrected chi connectivity index (χ0v) is 10.9. The van der Waals surface area contributed by atoms with Crippen molar-refractivity contribution in [3.63, 3.8) is 0 Å². The summed E-state index contributed by atoms with van der Waals surface area (Å²) >= 11 is 3.25. The van der Waals surface area contributed by atoms with E-state index in [2.05, 4.69) is 31.3 Å². The molecule has 2 aromatic heterocycles. The Morgan fingerprint density at radius 3 is 3.06 bits per heavy atom. The highest BCUT2D eigenvalue weighted by Gasteiger charge is 2.05. The van der Waals surface area contributed by atoms with Gasteiger partial charge < -0.3 is 9.88 Å². The second kappa shape index (κ2) is 5.13. The van der Waals surface area contributed by atoms with E-state index in [1.54, 1.807) is 25.8 Å². The third-order valence-corrected chi connectivity index (χ3v) is 3.09. The number of nitrogens with zero attached hydrogens (tertiary/aromatic N) is 4. The van der Waals surface area contributed by atoms with Gasteiger partial charge in [-0.2, -0.15) is 5.10 Å². The molecule has 0 radical (unpaired) electrons. The minimum atomic E-state index is -0.155. The van der Waals surface area contributed by atoms with E-state index in [0.717, 1.165) is 6.54 Å². The van der Waals surface area contributed by atoms with Crippen LogP contribution in [0.25, 0.3) is 0 Å². The molecule has 0 spiro atoms. The van der Waals surface area contributed by atoms with Crippen molar-refractivity contribution in [2.24, 2.45) is 7.05 Å². The zero-order chi connectivity index (χ0) is 12.3. The lowest BCUT2D eigenvalue weighted by molar-refractivity contribution is 0.697. The van der Waals surface area contributed by atoms with Gasteiger partial charge in [-0.25, -0.2) is 9.67 Å². The average Bonchev–Trinajstić information content (AvgIpc) is 2.82. The van der Waals surface area contributed by atoms with Crippen LogP contribution in [0.5, 0.6) is 0 Å². The quantitative estimate of drug-likeness (QED) is 0.909. The first-order valence-electron chi connectivity index (χ1n) is 5.10. The fourth-order valence-electron chi connectivity index (χ4n) is 1.37. The van der Waals surface area contributed by atoms with Crippen LogP contribution in [-0.2, 0) is 13.6 Å². The van der Waals surface area contributed by atoms with E-state index < -0.39 is 0 Å². The fraction of sp³-hybridized carbons (Fsp3) is 0.300. The lowest BCUT2D eigenvalue weighted by Crippen LogP contribution is -2.22. The first-order chi connectivity index (χ1) is 8.18. The van der Waals surface area contributed by atoms with E-state index in [0.29, 0.717) is 16.7 Å². The minimum absolute atomic E-state index is 0.155. The summed E-state index contributed by atoms with van der Waals surface area (Å²) in [7, 11) is 1.61. The molecule has 0 aliphatic carbocycles. The van der Waals surface area contributed by atoms with Gasteiger partial charge in [0.15, 0.2) is 0 Å². The summed E-state index contributed by atoms with van der Waals surface area (Å²) in [5, 5.41) is 7.10. The number of rotatable bonds is 4. The normalized spacial score (nSPS) is 10.5. The van der Waals surface area contributed by atoms with Gasteiger partial charge in [-0.1, -0.05) is 0 Å². The van der Waals surface area contributed by atoms with Crippen molar-refractivity contribution in [3.8, 4) is 0 Å². The molecule has 0 aromatic carbocycles. The second-order valence-electron chi connectivity index (χ2n) is 3.53. The molecule has 0 saturated carbocycles. The zero-order valence-electron chi connectivity index (χ0n) is 9.30. The van der Waals surface area contributed by atoms with E-state index in [4.69, 9.17) is 0 Å². The highest BCUT2D eigenvalue weighted by atomic mass is 79.9. The van der Waals surface area contributed by atoms with Crippen molar-refractivity contribution in [2.45, 2.75) is 6.54 Å². The Morgan fingerprint density at radius 2 is 2.35 bits per heavy atom. The first kappa shape index (κ1) is 11.8. The summed E-state index contributed by atoms with van der Waals surface area (Å²) in [6.45, 7) is 1.48. The number of hydrogen-bond donors (Lipinski definition) is 1. The largest absolute Gasteiger partial charge is 0.381 e. The SMILES string of the molecule is Cn1ncc(NCCn2ccnc2)c(Br)c1=O. The average molecular weight is 298 g/mol. The Hall–Kier alpha value is -1.63. The van der Waals surface area contributed by atoms with Crippen molar-refractivity contribution >= 4 is 21.6 Å². The van der Waals surface area contributed by atoms with Crippen LogP contribution < -0.4 is 10.9 Å². The van der Waals surface area contributed by atoms with Crippen LogP contribution in [0.3, 0.4) is 0 Å². The number of aromatic nitrogens is 4. The Labute approximate surface area is 106 Å². The molecule has 0 amide bonds. The molecule has 0 fully saturated rings. The van der Waals surface area contributed by atoms with E-state index >= 15 is 0 Å². The number of hydrogen-bond acceptors (Lipinski definition) is 4. The van der Waals surface area contributed by atoms with Crippen molar-refractivity contribution in [1.82, 2.24) is 19.3 Å². The van der Waals surface area contributed by atoms with Gasteiger partial charge in [0.1, 0.15) is 4.47 Å². The molecule has 90 valence electrons. The van der Waals surface area contributed by atoms with Gasteiger partial charge in [0.05, 0.1) is 18.2 Å². The molecule has 2 rings (SSSR count). The molecular formula is C10H12BrN5O. The monoisotopic (exact) mass is 297 g/mol. The van der Waals surface area contributed by atoms with Crippen molar-refractivity contribution in [2.75, 3.05) is 11.9 Å². The first-order valence-corrected chi connectivity index (χ1v) is 5.89. The molecule has 1 N–H and O–H groups in total. The molecule has 17 heavy (non-hydrogen) atoms. The Balaban J connectivity index is 2.00. The molecule has 0 unspecified atom stereocenters. The lowest BCUT2D eigenvalue weighted by Gasteiger charge is -2.08. The highest BCUT2D eigenvalue weighted by molar-refractivity contribution is 9.10. The predicted octanol–water partition coefficient (Wildman–Crippen LogP) is 0.851. The molecule has 0 saturated heterocycles.